The number of carboxylic acids is 1. The molecule has 1 heterocycles. The SMILES string of the molecule is Cc1[nH]c(C)c(C(=O)O)c1C=O. The number of nitrogens with one attached hydrogen (secondary N) is 1. The molecular formula is C8H9NO3. The molecule has 1 aromatic heterocycles. The smallest absolute Gasteiger partial charge is 0.338 e. The van der Waals surface area contributed by atoms with E-state index >= 15 is 0 Å². The standard InChI is InChI=1S/C8H9NO3/c1-4-6(3-10)7(8(11)12)5(2)9-4/h3,9H,1-2H3,(H,11,12). The molecule has 0 bridgehead atoms. The van der Waals surface area contributed by atoms with Gasteiger partial charge in [0.1, 0.15) is 0 Å². The molecule has 1 aromatic rings. The molecule has 2 N–H and O–H groups in total. The maximum atomic E-state index is 10.6. The summed E-state index contributed by atoms with van der Waals surface area (Å²) in [6.07, 6.45) is 0.558. The Morgan fingerprint density at radius 1 is 1.42 bits per heavy atom. The number of carbonyl (C=O) groups is 2. The molecule has 0 saturated heterocycles. The molecule has 0 unspecified atom stereocenters. The summed E-state index contributed by atoms with van der Waals surface area (Å²) in [7, 11) is 0. The van der Waals surface area contributed by atoms with E-state index in [0.29, 0.717) is 17.7 Å². The third kappa shape index (κ3) is 1.11. The average Bonchev–Trinajstić information content (AvgIpc) is 2.24. The summed E-state index contributed by atoms with van der Waals surface area (Å²) in [5.74, 6) is -1.07. The third-order valence-corrected chi connectivity index (χ3v) is 1.76. The first kappa shape index (κ1) is 8.52. The Hall–Kier alpha value is -1.58. The van der Waals surface area contributed by atoms with Crippen LogP contribution in [0.4, 0.5) is 0 Å². The highest BCUT2D eigenvalue weighted by atomic mass is 16.4. The van der Waals surface area contributed by atoms with Crippen molar-refractivity contribution < 1.29 is 14.7 Å². The van der Waals surface area contributed by atoms with E-state index in [4.69, 9.17) is 5.11 Å². The second-order valence-electron chi connectivity index (χ2n) is 2.59. The number of aromatic carboxylic acids is 1. The fraction of sp³-hybridized carbons (Fsp3) is 0.250. The minimum atomic E-state index is -1.07. The summed E-state index contributed by atoms with van der Waals surface area (Å²) in [6, 6.07) is 0. The first-order chi connectivity index (χ1) is 5.57. The van der Waals surface area contributed by atoms with Crippen molar-refractivity contribution >= 4 is 12.3 Å². The quantitative estimate of drug-likeness (QED) is 0.649. The Morgan fingerprint density at radius 3 is 2.33 bits per heavy atom. The maximum Gasteiger partial charge on any atom is 0.338 e. The molecule has 1 rings (SSSR count). The topological polar surface area (TPSA) is 70.2 Å². The number of aldehydes is 1. The third-order valence-electron chi connectivity index (χ3n) is 1.76. The molecule has 0 aromatic carbocycles. The summed E-state index contributed by atoms with van der Waals surface area (Å²) >= 11 is 0. The van der Waals surface area contributed by atoms with Crippen LogP contribution in [-0.2, 0) is 0 Å². The molecule has 0 atom stereocenters. The fourth-order valence-corrected chi connectivity index (χ4v) is 1.22. The molecule has 0 aliphatic carbocycles. The van der Waals surface area contributed by atoms with Crippen LogP contribution in [0.3, 0.4) is 0 Å². The molecule has 4 nitrogen and oxygen atoms in total. The van der Waals surface area contributed by atoms with Crippen molar-refractivity contribution in [2.45, 2.75) is 13.8 Å². The number of rotatable bonds is 2. The van der Waals surface area contributed by atoms with Gasteiger partial charge in [-0.15, -0.1) is 0 Å². The highest BCUT2D eigenvalue weighted by Gasteiger charge is 2.17. The average molecular weight is 167 g/mol. The van der Waals surface area contributed by atoms with E-state index < -0.39 is 5.97 Å². The first-order valence-electron chi connectivity index (χ1n) is 3.45. The molecule has 0 spiro atoms. The van der Waals surface area contributed by atoms with Crippen LogP contribution in [0.2, 0.25) is 0 Å². The van der Waals surface area contributed by atoms with Crippen molar-refractivity contribution in [3.8, 4) is 0 Å². The zero-order valence-corrected chi connectivity index (χ0v) is 6.84. The van der Waals surface area contributed by atoms with Crippen LogP contribution in [0.15, 0.2) is 0 Å². The largest absolute Gasteiger partial charge is 0.478 e. The van der Waals surface area contributed by atoms with Crippen molar-refractivity contribution in [3.05, 3.63) is 22.5 Å². The molecule has 0 fully saturated rings. The summed E-state index contributed by atoms with van der Waals surface area (Å²) in [4.78, 5) is 23.9. The zero-order valence-electron chi connectivity index (χ0n) is 6.84. The normalized spacial score (nSPS) is 9.83. The first-order valence-corrected chi connectivity index (χ1v) is 3.45. The lowest BCUT2D eigenvalue weighted by atomic mass is 10.1. The number of aryl methyl sites for hydroxylation is 2. The summed E-state index contributed by atoms with van der Waals surface area (Å²) in [6.45, 7) is 3.30. The van der Waals surface area contributed by atoms with Crippen LogP contribution in [0, 0.1) is 13.8 Å². The van der Waals surface area contributed by atoms with Gasteiger partial charge in [-0.05, 0) is 13.8 Å². The lowest BCUT2D eigenvalue weighted by Crippen LogP contribution is -2.00. The minimum Gasteiger partial charge on any atom is -0.478 e. The van der Waals surface area contributed by atoms with Gasteiger partial charge in [-0.3, -0.25) is 4.79 Å². The zero-order chi connectivity index (χ0) is 9.30. The van der Waals surface area contributed by atoms with Crippen LogP contribution in [-0.4, -0.2) is 22.3 Å². The number of carboxylic acid groups (broad SMARTS) is 1. The second-order valence-corrected chi connectivity index (χ2v) is 2.59. The van der Waals surface area contributed by atoms with Crippen LogP contribution in [0.25, 0.3) is 0 Å². The van der Waals surface area contributed by atoms with Crippen molar-refractivity contribution in [1.29, 1.82) is 0 Å². The Balaban J connectivity index is 3.42. The van der Waals surface area contributed by atoms with Gasteiger partial charge in [0.25, 0.3) is 0 Å². The van der Waals surface area contributed by atoms with Crippen LogP contribution in [0.1, 0.15) is 32.1 Å². The Bertz CT molecular complexity index is 338. The van der Waals surface area contributed by atoms with Gasteiger partial charge in [0, 0.05) is 17.0 Å². The van der Waals surface area contributed by atoms with E-state index in [0.717, 1.165) is 0 Å². The summed E-state index contributed by atoms with van der Waals surface area (Å²) in [5.41, 5.74) is 1.42. The number of carbonyl (C=O) groups excluding carboxylic acids is 1. The lowest BCUT2D eigenvalue weighted by Gasteiger charge is -1.91. The van der Waals surface area contributed by atoms with Gasteiger partial charge in [-0.2, -0.15) is 0 Å². The van der Waals surface area contributed by atoms with Crippen molar-refractivity contribution in [2.75, 3.05) is 0 Å². The molecule has 4 heteroatoms. The Morgan fingerprint density at radius 2 is 2.00 bits per heavy atom. The van der Waals surface area contributed by atoms with Crippen LogP contribution < -0.4 is 0 Å². The molecule has 12 heavy (non-hydrogen) atoms. The summed E-state index contributed by atoms with van der Waals surface area (Å²) < 4.78 is 0. The van der Waals surface area contributed by atoms with E-state index in [9.17, 15) is 9.59 Å². The number of hydrogen-bond acceptors (Lipinski definition) is 2. The summed E-state index contributed by atoms with van der Waals surface area (Å²) in [5, 5.41) is 8.71. The molecule has 64 valence electrons. The predicted molar refractivity (Wildman–Crippen MR) is 42.6 cm³/mol. The number of H-pyrrole nitrogens is 1. The Labute approximate surface area is 69.2 Å². The highest BCUT2D eigenvalue weighted by molar-refractivity contribution is 5.99. The highest BCUT2D eigenvalue weighted by Crippen LogP contribution is 2.15. The fourth-order valence-electron chi connectivity index (χ4n) is 1.22. The van der Waals surface area contributed by atoms with Crippen molar-refractivity contribution in [3.63, 3.8) is 0 Å². The number of aromatic amines is 1. The van der Waals surface area contributed by atoms with E-state index in [-0.39, 0.29) is 11.1 Å². The molecular weight excluding hydrogens is 158 g/mol. The molecule has 0 aliphatic rings. The minimum absolute atomic E-state index is 0.0718. The molecule has 0 radical (unpaired) electrons. The molecule has 0 aliphatic heterocycles. The van der Waals surface area contributed by atoms with E-state index in [1.54, 1.807) is 13.8 Å². The van der Waals surface area contributed by atoms with Gasteiger partial charge in [-0.1, -0.05) is 0 Å². The Kier molecular flexibility index (Phi) is 1.99. The molecule has 0 amide bonds. The van der Waals surface area contributed by atoms with Gasteiger partial charge in [0.05, 0.1) is 5.56 Å². The van der Waals surface area contributed by atoms with Gasteiger partial charge in [0.2, 0.25) is 0 Å². The van der Waals surface area contributed by atoms with Crippen molar-refractivity contribution in [1.82, 2.24) is 4.98 Å². The van der Waals surface area contributed by atoms with E-state index in [1.165, 1.54) is 0 Å². The second kappa shape index (κ2) is 2.81. The molecule has 0 saturated carbocycles. The van der Waals surface area contributed by atoms with Crippen LogP contribution in [0.5, 0.6) is 0 Å². The monoisotopic (exact) mass is 167 g/mol. The van der Waals surface area contributed by atoms with Gasteiger partial charge < -0.3 is 10.1 Å². The predicted octanol–water partition coefficient (Wildman–Crippen LogP) is 1.14. The van der Waals surface area contributed by atoms with Gasteiger partial charge >= 0.3 is 5.97 Å². The maximum absolute atomic E-state index is 10.6. The van der Waals surface area contributed by atoms with E-state index in [2.05, 4.69) is 4.98 Å². The van der Waals surface area contributed by atoms with E-state index in [1.807, 2.05) is 0 Å². The van der Waals surface area contributed by atoms with Crippen LogP contribution >= 0.6 is 0 Å². The number of hydrogen-bond donors (Lipinski definition) is 2. The van der Waals surface area contributed by atoms with Gasteiger partial charge in [0.15, 0.2) is 6.29 Å². The number of aromatic nitrogens is 1. The van der Waals surface area contributed by atoms with Gasteiger partial charge in [-0.25, -0.2) is 4.79 Å². The van der Waals surface area contributed by atoms with Crippen molar-refractivity contribution in [2.24, 2.45) is 0 Å². The lowest BCUT2D eigenvalue weighted by molar-refractivity contribution is 0.0693.